The van der Waals surface area contributed by atoms with E-state index >= 15 is 0 Å². The van der Waals surface area contributed by atoms with E-state index in [4.69, 9.17) is 9.47 Å². The third-order valence-corrected chi connectivity index (χ3v) is 4.08. The van der Waals surface area contributed by atoms with Gasteiger partial charge in [0.2, 0.25) is 0 Å². The van der Waals surface area contributed by atoms with E-state index in [2.05, 4.69) is 19.9 Å². The Morgan fingerprint density at radius 2 is 1.59 bits per heavy atom. The van der Waals surface area contributed by atoms with Crippen molar-refractivity contribution in [2.75, 3.05) is 20.3 Å². The fraction of sp³-hybridized carbons (Fsp3) is 0.800. The van der Waals surface area contributed by atoms with E-state index in [1.54, 1.807) is 12.7 Å². The first-order chi connectivity index (χ1) is 10.8. The van der Waals surface area contributed by atoms with Crippen molar-refractivity contribution in [2.24, 2.45) is 0 Å². The molecule has 0 saturated heterocycles. The van der Waals surface area contributed by atoms with Gasteiger partial charge < -0.3 is 9.47 Å². The normalized spacial score (nSPS) is 14.3. The van der Waals surface area contributed by atoms with Crippen molar-refractivity contribution in [2.45, 2.75) is 85.5 Å². The molecular weight excluding hydrogens is 272 g/mol. The lowest BCUT2D eigenvalue weighted by Gasteiger charge is -2.17. The van der Waals surface area contributed by atoms with E-state index in [9.17, 15) is 0 Å². The van der Waals surface area contributed by atoms with Crippen LogP contribution < -0.4 is 0 Å². The summed E-state index contributed by atoms with van der Waals surface area (Å²) in [5, 5.41) is 0. The van der Waals surface area contributed by atoms with E-state index in [0.717, 1.165) is 25.4 Å². The Hall–Kier alpha value is -0.760. The van der Waals surface area contributed by atoms with Crippen LogP contribution in [0.25, 0.3) is 0 Å². The van der Waals surface area contributed by atoms with Crippen LogP contribution in [0.3, 0.4) is 0 Å². The molecule has 0 unspecified atom stereocenters. The van der Waals surface area contributed by atoms with E-state index in [1.165, 1.54) is 56.9 Å². The number of rotatable bonds is 11. The molecule has 0 bridgehead atoms. The van der Waals surface area contributed by atoms with Gasteiger partial charge in [0.15, 0.2) is 0 Å². The van der Waals surface area contributed by atoms with Gasteiger partial charge in [-0.2, -0.15) is 0 Å². The number of allylic oxidation sites excluding steroid dienone is 4. The maximum absolute atomic E-state index is 5.38. The van der Waals surface area contributed by atoms with Gasteiger partial charge in [-0.3, -0.25) is 0 Å². The summed E-state index contributed by atoms with van der Waals surface area (Å²) in [5.41, 5.74) is 3.08. The van der Waals surface area contributed by atoms with Crippen LogP contribution in [-0.2, 0) is 9.47 Å². The second-order valence-corrected chi connectivity index (χ2v) is 5.69. The van der Waals surface area contributed by atoms with Crippen molar-refractivity contribution in [3.05, 3.63) is 23.0 Å². The van der Waals surface area contributed by atoms with E-state index < -0.39 is 0 Å². The molecule has 0 radical (unpaired) electrons. The molecule has 1 aliphatic carbocycles. The average molecular weight is 311 g/mol. The lowest BCUT2D eigenvalue weighted by molar-refractivity contribution is 0.143. The highest BCUT2D eigenvalue weighted by molar-refractivity contribution is 5.30. The van der Waals surface area contributed by atoms with Crippen LogP contribution in [-0.4, -0.2) is 20.3 Å². The molecular formula is C20H38O2. The Morgan fingerprint density at radius 1 is 0.955 bits per heavy atom. The molecule has 0 aromatic heterocycles. The van der Waals surface area contributed by atoms with Gasteiger partial charge in [0.25, 0.3) is 0 Å². The lowest BCUT2D eigenvalue weighted by atomic mass is 9.93. The summed E-state index contributed by atoms with van der Waals surface area (Å²) in [6.07, 6.45) is 13.6. The van der Waals surface area contributed by atoms with Gasteiger partial charge in [0.1, 0.15) is 0 Å². The summed E-state index contributed by atoms with van der Waals surface area (Å²) in [4.78, 5) is 0. The van der Waals surface area contributed by atoms with Crippen LogP contribution in [0.15, 0.2) is 23.0 Å². The van der Waals surface area contributed by atoms with Crippen molar-refractivity contribution < 1.29 is 9.47 Å². The van der Waals surface area contributed by atoms with Crippen LogP contribution in [0.5, 0.6) is 0 Å². The summed E-state index contributed by atoms with van der Waals surface area (Å²) in [6.45, 7) is 10.1. The van der Waals surface area contributed by atoms with Gasteiger partial charge in [-0.1, -0.05) is 45.1 Å². The average Bonchev–Trinajstić information content (AvgIpc) is 2.56. The lowest BCUT2D eigenvalue weighted by Crippen LogP contribution is -1.99. The minimum absolute atomic E-state index is 0.853. The molecule has 0 aromatic carbocycles. The van der Waals surface area contributed by atoms with Gasteiger partial charge in [0, 0.05) is 19.6 Å². The zero-order chi connectivity index (χ0) is 16.6. The third kappa shape index (κ3) is 10.0. The zero-order valence-corrected chi connectivity index (χ0v) is 15.7. The summed E-state index contributed by atoms with van der Waals surface area (Å²) in [7, 11) is 1.78. The van der Waals surface area contributed by atoms with Gasteiger partial charge >= 0.3 is 0 Å². The number of unbranched alkanes of at least 4 members (excludes halogenated alkanes) is 5. The fourth-order valence-electron chi connectivity index (χ4n) is 2.68. The van der Waals surface area contributed by atoms with Gasteiger partial charge in [-0.25, -0.2) is 0 Å². The summed E-state index contributed by atoms with van der Waals surface area (Å²) < 4.78 is 10.7. The summed E-state index contributed by atoms with van der Waals surface area (Å²) in [5.74, 6) is 1.15. The predicted molar refractivity (Wildman–Crippen MR) is 97.2 cm³/mol. The van der Waals surface area contributed by atoms with Crippen LogP contribution in [0, 0.1) is 0 Å². The molecule has 0 aliphatic heterocycles. The van der Waals surface area contributed by atoms with Crippen molar-refractivity contribution in [3.8, 4) is 0 Å². The van der Waals surface area contributed by atoms with E-state index in [0.29, 0.717) is 0 Å². The van der Waals surface area contributed by atoms with Gasteiger partial charge in [-0.15, -0.1) is 0 Å². The topological polar surface area (TPSA) is 18.5 Å². The molecule has 22 heavy (non-hydrogen) atoms. The Balaban J connectivity index is 0.00000211. The van der Waals surface area contributed by atoms with Crippen molar-refractivity contribution in [1.82, 2.24) is 0 Å². The SMILES string of the molecule is CC.CCOCCCCCCCCC1=C(C)CCC(OC)=C1. The molecule has 130 valence electrons. The Bertz CT molecular complexity index is 316. The zero-order valence-electron chi connectivity index (χ0n) is 15.7. The first-order valence-corrected chi connectivity index (χ1v) is 9.28. The summed E-state index contributed by atoms with van der Waals surface area (Å²) >= 11 is 0. The van der Waals surface area contributed by atoms with Gasteiger partial charge in [-0.05, 0) is 51.2 Å². The van der Waals surface area contributed by atoms with Crippen molar-refractivity contribution in [1.29, 1.82) is 0 Å². The Labute approximate surface area is 139 Å². The number of hydrogen-bond donors (Lipinski definition) is 0. The highest BCUT2D eigenvalue weighted by Crippen LogP contribution is 2.27. The first kappa shape index (κ1) is 21.2. The monoisotopic (exact) mass is 310 g/mol. The van der Waals surface area contributed by atoms with Crippen LogP contribution >= 0.6 is 0 Å². The smallest absolute Gasteiger partial charge is 0.0961 e. The van der Waals surface area contributed by atoms with Crippen LogP contribution in [0.2, 0.25) is 0 Å². The second-order valence-electron chi connectivity index (χ2n) is 5.69. The quantitative estimate of drug-likeness (QED) is 0.410. The van der Waals surface area contributed by atoms with Crippen LogP contribution in [0.4, 0.5) is 0 Å². The van der Waals surface area contributed by atoms with Gasteiger partial charge in [0.05, 0.1) is 12.9 Å². The minimum Gasteiger partial charge on any atom is -0.501 e. The number of hydrogen-bond acceptors (Lipinski definition) is 2. The molecule has 0 N–H and O–H groups in total. The molecule has 0 fully saturated rings. The molecule has 0 aromatic rings. The molecule has 0 amide bonds. The molecule has 0 saturated carbocycles. The molecule has 0 heterocycles. The van der Waals surface area contributed by atoms with Crippen molar-refractivity contribution >= 4 is 0 Å². The highest BCUT2D eigenvalue weighted by atomic mass is 16.5. The van der Waals surface area contributed by atoms with Crippen LogP contribution in [0.1, 0.15) is 85.5 Å². The highest BCUT2D eigenvalue weighted by Gasteiger charge is 2.10. The number of ether oxygens (including phenoxy) is 2. The molecule has 2 heteroatoms. The predicted octanol–water partition coefficient (Wildman–Crippen LogP) is 6.42. The second kappa shape index (κ2) is 15.1. The minimum atomic E-state index is 0.853. The number of methoxy groups -OCH3 is 1. The molecule has 0 spiro atoms. The third-order valence-electron chi connectivity index (χ3n) is 4.08. The van der Waals surface area contributed by atoms with Crippen molar-refractivity contribution in [3.63, 3.8) is 0 Å². The molecule has 1 rings (SSSR count). The molecule has 2 nitrogen and oxygen atoms in total. The van der Waals surface area contributed by atoms with E-state index in [-0.39, 0.29) is 0 Å². The first-order valence-electron chi connectivity index (χ1n) is 9.28. The summed E-state index contributed by atoms with van der Waals surface area (Å²) in [6, 6.07) is 0. The Kier molecular flexibility index (Phi) is 14.6. The largest absolute Gasteiger partial charge is 0.501 e. The maximum Gasteiger partial charge on any atom is 0.0961 e. The fourth-order valence-corrected chi connectivity index (χ4v) is 2.68. The van der Waals surface area contributed by atoms with E-state index in [1.807, 2.05) is 13.8 Å². The maximum atomic E-state index is 5.38. The molecule has 0 atom stereocenters. The molecule has 1 aliphatic rings. The standard InChI is InChI=1S/C18H32O2.C2H6/c1-4-20-14-10-8-6-5-7-9-11-17-15-18(19-3)13-12-16(17)2;1-2/h15H,4-14H2,1-3H3;1-2H3. The Morgan fingerprint density at radius 3 is 2.23 bits per heavy atom.